The molecule has 6 heteroatoms. The number of anilines is 1. The molecule has 0 radical (unpaired) electrons. The number of pyridine rings is 2. The first-order valence-corrected chi connectivity index (χ1v) is 10.1. The van der Waals surface area contributed by atoms with E-state index in [4.69, 9.17) is 0 Å². The molecule has 0 aliphatic heterocycles. The molecule has 1 aromatic carbocycles. The van der Waals surface area contributed by atoms with Crippen molar-refractivity contribution in [2.24, 2.45) is 0 Å². The summed E-state index contributed by atoms with van der Waals surface area (Å²) in [5.41, 5.74) is 2.63. The lowest BCUT2D eigenvalue weighted by atomic mass is 9.84. The van der Waals surface area contributed by atoms with Crippen LogP contribution >= 0.6 is 0 Å². The Hall–Kier alpha value is -3.15. The van der Waals surface area contributed by atoms with Gasteiger partial charge in [-0.3, -0.25) is 9.78 Å². The minimum absolute atomic E-state index is 0.0451. The molecule has 0 atom stereocenters. The normalized spacial score (nSPS) is 13.8. The van der Waals surface area contributed by atoms with Crippen LogP contribution in [0.15, 0.2) is 54.9 Å². The van der Waals surface area contributed by atoms with Crippen LogP contribution in [0, 0.1) is 11.6 Å². The SMILES string of the molecule is CNc1cnccc1C1CCCCC1.O=Cc1ccc(F)c(-c2ccccc2F)n1. The molecule has 4 rings (SSSR count). The van der Waals surface area contributed by atoms with Crippen molar-refractivity contribution >= 4 is 12.0 Å². The number of hydrogen-bond donors (Lipinski definition) is 1. The molecule has 156 valence electrons. The van der Waals surface area contributed by atoms with Crippen molar-refractivity contribution in [3.63, 3.8) is 0 Å². The molecule has 3 aromatic rings. The summed E-state index contributed by atoms with van der Waals surface area (Å²) in [7, 11) is 1.98. The number of benzene rings is 1. The molecule has 1 N–H and O–H groups in total. The highest BCUT2D eigenvalue weighted by atomic mass is 19.1. The van der Waals surface area contributed by atoms with E-state index >= 15 is 0 Å². The van der Waals surface area contributed by atoms with Gasteiger partial charge in [-0.25, -0.2) is 13.8 Å². The summed E-state index contributed by atoms with van der Waals surface area (Å²) in [6.45, 7) is 0. The standard InChI is InChI=1S/C12H7F2NO.C12H18N2/c13-10-4-2-1-3-9(10)12-11(14)6-5-8(7-16)15-12;1-13-12-9-14-8-7-11(12)10-5-3-2-4-6-10/h1-7H;7-10,13H,2-6H2,1H3. The quantitative estimate of drug-likeness (QED) is 0.536. The summed E-state index contributed by atoms with van der Waals surface area (Å²) in [4.78, 5) is 18.4. The molecular weight excluding hydrogens is 384 g/mol. The lowest BCUT2D eigenvalue weighted by Gasteiger charge is -2.23. The van der Waals surface area contributed by atoms with Crippen LogP contribution in [0.3, 0.4) is 0 Å². The van der Waals surface area contributed by atoms with Gasteiger partial charge in [0.05, 0.1) is 11.9 Å². The molecule has 0 saturated heterocycles. The van der Waals surface area contributed by atoms with Crippen LogP contribution in [0.5, 0.6) is 0 Å². The van der Waals surface area contributed by atoms with Gasteiger partial charge in [0.2, 0.25) is 0 Å². The molecule has 4 nitrogen and oxygen atoms in total. The van der Waals surface area contributed by atoms with Crippen molar-refractivity contribution < 1.29 is 13.6 Å². The van der Waals surface area contributed by atoms with Gasteiger partial charge in [-0.05, 0) is 54.7 Å². The van der Waals surface area contributed by atoms with E-state index < -0.39 is 11.6 Å². The Morgan fingerprint density at radius 1 is 1.00 bits per heavy atom. The topological polar surface area (TPSA) is 54.9 Å². The Balaban J connectivity index is 0.000000172. The number of carbonyl (C=O) groups excluding carboxylic acids is 1. The van der Waals surface area contributed by atoms with Gasteiger partial charge in [0.25, 0.3) is 0 Å². The highest BCUT2D eigenvalue weighted by molar-refractivity contribution is 5.74. The first-order valence-electron chi connectivity index (χ1n) is 10.1. The summed E-state index contributed by atoms with van der Waals surface area (Å²) < 4.78 is 26.8. The Morgan fingerprint density at radius 2 is 1.77 bits per heavy atom. The number of rotatable bonds is 4. The van der Waals surface area contributed by atoms with Crippen molar-refractivity contribution in [1.82, 2.24) is 9.97 Å². The fourth-order valence-corrected chi connectivity index (χ4v) is 3.75. The molecular formula is C24H25F2N3O. The van der Waals surface area contributed by atoms with Gasteiger partial charge < -0.3 is 5.32 Å². The minimum atomic E-state index is -0.657. The molecule has 1 aliphatic rings. The van der Waals surface area contributed by atoms with Crippen molar-refractivity contribution in [2.75, 3.05) is 12.4 Å². The van der Waals surface area contributed by atoms with E-state index in [-0.39, 0.29) is 17.0 Å². The zero-order valence-electron chi connectivity index (χ0n) is 16.9. The van der Waals surface area contributed by atoms with Crippen molar-refractivity contribution in [2.45, 2.75) is 38.0 Å². The molecule has 1 fully saturated rings. The van der Waals surface area contributed by atoms with Gasteiger partial charge in [-0.1, -0.05) is 31.4 Å². The minimum Gasteiger partial charge on any atom is -0.387 e. The van der Waals surface area contributed by atoms with Crippen LogP contribution in [-0.4, -0.2) is 23.3 Å². The van der Waals surface area contributed by atoms with Gasteiger partial charge in [0, 0.05) is 18.8 Å². The van der Waals surface area contributed by atoms with Gasteiger partial charge in [0.1, 0.15) is 23.0 Å². The predicted octanol–water partition coefficient (Wildman–Crippen LogP) is 6.01. The number of aldehydes is 1. The summed E-state index contributed by atoms with van der Waals surface area (Å²) in [5, 5.41) is 3.23. The van der Waals surface area contributed by atoms with Crippen LogP contribution < -0.4 is 5.32 Å². The van der Waals surface area contributed by atoms with E-state index in [1.54, 1.807) is 6.07 Å². The molecule has 2 heterocycles. The van der Waals surface area contributed by atoms with Crippen molar-refractivity contribution in [3.05, 3.63) is 77.8 Å². The Labute approximate surface area is 175 Å². The third-order valence-corrected chi connectivity index (χ3v) is 5.29. The molecule has 30 heavy (non-hydrogen) atoms. The smallest absolute Gasteiger partial charge is 0.168 e. The number of hydrogen-bond acceptors (Lipinski definition) is 4. The first kappa shape index (κ1) is 21.6. The molecule has 0 unspecified atom stereocenters. The van der Waals surface area contributed by atoms with E-state index in [1.165, 1.54) is 67.6 Å². The molecule has 0 spiro atoms. The second-order valence-electron chi connectivity index (χ2n) is 7.21. The van der Waals surface area contributed by atoms with Crippen molar-refractivity contribution in [1.29, 1.82) is 0 Å². The fourth-order valence-electron chi connectivity index (χ4n) is 3.75. The fraction of sp³-hybridized carbons (Fsp3) is 0.292. The molecule has 0 bridgehead atoms. The van der Waals surface area contributed by atoms with E-state index in [9.17, 15) is 13.6 Å². The average Bonchev–Trinajstić information content (AvgIpc) is 2.81. The third kappa shape index (κ3) is 5.26. The largest absolute Gasteiger partial charge is 0.387 e. The molecule has 0 amide bonds. The lowest BCUT2D eigenvalue weighted by molar-refractivity contribution is 0.111. The monoisotopic (exact) mass is 409 g/mol. The zero-order chi connectivity index (χ0) is 21.3. The van der Waals surface area contributed by atoms with Gasteiger partial charge in [-0.2, -0.15) is 0 Å². The summed E-state index contributed by atoms with van der Waals surface area (Å²) >= 11 is 0. The van der Waals surface area contributed by atoms with E-state index in [0.29, 0.717) is 6.29 Å². The van der Waals surface area contributed by atoms with Crippen LogP contribution in [-0.2, 0) is 0 Å². The number of aromatic nitrogens is 2. The molecule has 1 saturated carbocycles. The van der Waals surface area contributed by atoms with Gasteiger partial charge >= 0.3 is 0 Å². The van der Waals surface area contributed by atoms with Crippen LogP contribution in [0.4, 0.5) is 14.5 Å². The van der Waals surface area contributed by atoms with E-state index in [0.717, 1.165) is 12.0 Å². The zero-order valence-corrected chi connectivity index (χ0v) is 16.9. The number of carbonyl (C=O) groups is 1. The predicted molar refractivity (Wildman–Crippen MR) is 115 cm³/mol. The Morgan fingerprint density at radius 3 is 2.47 bits per heavy atom. The van der Waals surface area contributed by atoms with Crippen LogP contribution in [0.1, 0.15) is 54.1 Å². The Kier molecular flexibility index (Phi) is 7.60. The number of halogens is 2. The summed E-state index contributed by atoms with van der Waals surface area (Å²) in [6, 6.07) is 10.2. The highest BCUT2D eigenvalue weighted by Gasteiger charge is 2.17. The highest BCUT2D eigenvalue weighted by Crippen LogP contribution is 2.35. The number of nitrogens with one attached hydrogen (secondary N) is 1. The summed E-state index contributed by atoms with van der Waals surface area (Å²) in [6.07, 6.45) is 11.2. The Bertz CT molecular complexity index is 988. The summed E-state index contributed by atoms with van der Waals surface area (Å²) in [5.74, 6) is -0.471. The average molecular weight is 409 g/mol. The van der Waals surface area contributed by atoms with Gasteiger partial charge in [0.15, 0.2) is 6.29 Å². The first-order chi connectivity index (χ1) is 14.6. The van der Waals surface area contributed by atoms with Crippen LogP contribution in [0.2, 0.25) is 0 Å². The molecule has 1 aliphatic carbocycles. The number of nitrogens with zero attached hydrogens (tertiary/aromatic N) is 2. The van der Waals surface area contributed by atoms with E-state index in [1.807, 2.05) is 19.4 Å². The van der Waals surface area contributed by atoms with Gasteiger partial charge in [-0.15, -0.1) is 0 Å². The third-order valence-electron chi connectivity index (χ3n) is 5.29. The maximum Gasteiger partial charge on any atom is 0.168 e. The second kappa shape index (κ2) is 10.6. The molecule has 2 aromatic heterocycles. The maximum atomic E-state index is 13.4. The lowest BCUT2D eigenvalue weighted by Crippen LogP contribution is -2.07. The van der Waals surface area contributed by atoms with Crippen molar-refractivity contribution in [3.8, 4) is 11.3 Å². The van der Waals surface area contributed by atoms with E-state index in [2.05, 4.69) is 21.4 Å². The van der Waals surface area contributed by atoms with Crippen LogP contribution in [0.25, 0.3) is 11.3 Å². The second-order valence-corrected chi connectivity index (χ2v) is 7.21. The maximum absolute atomic E-state index is 13.4.